The minimum Gasteiger partial charge on any atom is -0.486 e. The summed E-state index contributed by atoms with van der Waals surface area (Å²) in [5.41, 5.74) is 3.02. The summed E-state index contributed by atoms with van der Waals surface area (Å²) in [6, 6.07) is 15.3. The van der Waals surface area contributed by atoms with Crippen molar-refractivity contribution in [3.8, 4) is 11.5 Å². The van der Waals surface area contributed by atoms with Crippen LogP contribution in [0.1, 0.15) is 24.0 Å². The lowest BCUT2D eigenvalue weighted by atomic mass is 10.0. The first-order chi connectivity index (χ1) is 17.0. The highest BCUT2D eigenvalue weighted by Gasteiger charge is 2.28. The number of piperidine rings is 1. The number of hydrogen-bond donors (Lipinski definition) is 1. The molecule has 184 valence electrons. The van der Waals surface area contributed by atoms with Crippen LogP contribution in [-0.2, 0) is 13.1 Å². The number of aromatic nitrogens is 1. The molecule has 1 amide bonds. The van der Waals surface area contributed by atoms with Crippen LogP contribution in [0.5, 0.6) is 11.5 Å². The molecule has 0 atom stereocenters. The fourth-order valence-corrected chi connectivity index (χ4v) is 5.09. The van der Waals surface area contributed by atoms with Gasteiger partial charge in [-0.25, -0.2) is 4.79 Å². The molecule has 35 heavy (non-hydrogen) atoms. The molecule has 0 unspecified atom stereocenters. The molecule has 0 aliphatic carbocycles. The molecule has 1 fully saturated rings. The molecule has 3 heterocycles. The second-order valence-corrected chi connectivity index (χ2v) is 9.35. The molecule has 0 radical (unpaired) electrons. The van der Waals surface area contributed by atoms with E-state index in [0.29, 0.717) is 37.8 Å². The maximum absolute atomic E-state index is 12.5. The number of rotatable bonds is 6. The van der Waals surface area contributed by atoms with E-state index in [1.165, 1.54) is 5.56 Å². The van der Waals surface area contributed by atoms with Crippen molar-refractivity contribution in [2.75, 3.05) is 32.8 Å². The molecule has 1 saturated heterocycles. The Bertz CT molecular complexity index is 1280. The Morgan fingerprint density at radius 2 is 1.77 bits per heavy atom. The number of likely N-dealkylation sites (tertiary alicyclic amines) is 1. The van der Waals surface area contributed by atoms with Crippen LogP contribution >= 0.6 is 0 Å². The van der Waals surface area contributed by atoms with Crippen molar-refractivity contribution in [1.82, 2.24) is 14.4 Å². The van der Waals surface area contributed by atoms with Crippen LogP contribution in [0.15, 0.2) is 53.3 Å². The molecule has 2 aromatic carbocycles. The van der Waals surface area contributed by atoms with E-state index in [-0.39, 0.29) is 11.6 Å². The summed E-state index contributed by atoms with van der Waals surface area (Å²) in [4.78, 5) is 28.5. The van der Waals surface area contributed by atoms with Gasteiger partial charge in [-0.3, -0.25) is 4.79 Å². The van der Waals surface area contributed by atoms with E-state index in [9.17, 15) is 14.7 Å². The number of hydrogen-bond acceptors (Lipinski definition) is 5. The molecule has 5 rings (SSSR count). The number of fused-ring (bicyclic) bond motifs is 2. The van der Waals surface area contributed by atoms with Gasteiger partial charge in [0.05, 0.1) is 5.52 Å². The smallest absolute Gasteiger partial charge is 0.407 e. The molecule has 8 nitrogen and oxygen atoms in total. The SMILES string of the molecule is Cc1ccc2c(ccc(=O)n2CCN2CCC(N(Cc3ccc4c(c3)OCCO4)C(=O)O)CC2)c1. The standard InChI is InChI=1S/C27H31N3O5/c1-19-2-5-23-21(16-19)4-7-26(31)29(23)13-12-28-10-8-22(9-11-28)30(27(32)33)18-20-3-6-24-25(17-20)35-15-14-34-24/h2-7,16-17,22H,8-15,18H2,1H3,(H,32,33). The summed E-state index contributed by atoms with van der Waals surface area (Å²) in [5, 5.41) is 11.0. The second-order valence-electron chi connectivity index (χ2n) is 9.35. The highest BCUT2D eigenvalue weighted by atomic mass is 16.6. The van der Waals surface area contributed by atoms with Crippen molar-refractivity contribution < 1.29 is 19.4 Å². The van der Waals surface area contributed by atoms with E-state index in [1.807, 2.05) is 47.9 Å². The summed E-state index contributed by atoms with van der Waals surface area (Å²) in [7, 11) is 0. The Morgan fingerprint density at radius 1 is 1.00 bits per heavy atom. The van der Waals surface area contributed by atoms with Crippen molar-refractivity contribution in [2.45, 2.75) is 38.9 Å². The van der Waals surface area contributed by atoms with Gasteiger partial charge in [0.25, 0.3) is 5.56 Å². The minimum atomic E-state index is -0.907. The number of benzene rings is 2. The zero-order chi connectivity index (χ0) is 24.4. The number of amides is 1. The number of ether oxygens (including phenoxy) is 2. The zero-order valence-corrected chi connectivity index (χ0v) is 20.0. The summed E-state index contributed by atoms with van der Waals surface area (Å²) >= 11 is 0. The van der Waals surface area contributed by atoms with Gasteiger partial charge in [-0.15, -0.1) is 0 Å². The molecule has 2 aliphatic heterocycles. The van der Waals surface area contributed by atoms with Crippen LogP contribution in [0.3, 0.4) is 0 Å². The highest BCUT2D eigenvalue weighted by Crippen LogP contribution is 2.31. The quantitative estimate of drug-likeness (QED) is 0.583. The van der Waals surface area contributed by atoms with Crippen LogP contribution in [0.2, 0.25) is 0 Å². The van der Waals surface area contributed by atoms with Gasteiger partial charge in [0.15, 0.2) is 11.5 Å². The van der Waals surface area contributed by atoms with Gasteiger partial charge in [0, 0.05) is 44.8 Å². The monoisotopic (exact) mass is 477 g/mol. The third-order valence-electron chi connectivity index (χ3n) is 6.99. The zero-order valence-electron chi connectivity index (χ0n) is 20.0. The first kappa shape index (κ1) is 23.2. The fourth-order valence-electron chi connectivity index (χ4n) is 5.09. The fraction of sp³-hybridized carbons (Fsp3) is 0.407. The molecule has 3 aromatic rings. The van der Waals surface area contributed by atoms with Crippen LogP contribution in [-0.4, -0.2) is 64.5 Å². The topological polar surface area (TPSA) is 84.2 Å². The molecule has 2 aliphatic rings. The van der Waals surface area contributed by atoms with Crippen LogP contribution in [0.4, 0.5) is 4.79 Å². The van der Waals surface area contributed by atoms with E-state index >= 15 is 0 Å². The predicted molar refractivity (Wildman–Crippen MR) is 133 cm³/mol. The summed E-state index contributed by atoms with van der Waals surface area (Å²) in [6.45, 7) is 6.37. The van der Waals surface area contributed by atoms with Gasteiger partial charge in [-0.05, 0) is 61.0 Å². The Morgan fingerprint density at radius 3 is 2.54 bits per heavy atom. The van der Waals surface area contributed by atoms with Crippen LogP contribution in [0.25, 0.3) is 10.9 Å². The van der Waals surface area contributed by atoms with Crippen molar-refractivity contribution >= 4 is 17.0 Å². The van der Waals surface area contributed by atoms with Gasteiger partial charge in [0.1, 0.15) is 13.2 Å². The van der Waals surface area contributed by atoms with Gasteiger partial charge < -0.3 is 28.9 Å². The summed E-state index contributed by atoms with van der Waals surface area (Å²) in [6.07, 6.45) is 0.622. The first-order valence-electron chi connectivity index (χ1n) is 12.2. The summed E-state index contributed by atoms with van der Waals surface area (Å²) in [5.74, 6) is 1.38. The third kappa shape index (κ3) is 5.12. The third-order valence-corrected chi connectivity index (χ3v) is 6.99. The number of aryl methyl sites for hydroxylation is 1. The van der Waals surface area contributed by atoms with Gasteiger partial charge >= 0.3 is 6.09 Å². The minimum absolute atomic E-state index is 0.00715. The lowest BCUT2D eigenvalue weighted by Crippen LogP contribution is -2.47. The van der Waals surface area contributed by atoms with Crippen LogP contribution < -0.4 is 15.0 Å². The van der Waals surface area contributed by atoms with Crippen molar-refractivity contribution in [1.29, 1.82) is 0 Å². The lowest BCUT2D eigenvalue weighted by molar-refractivity contribution is 0.0856. The van der Waals surface area contributed by atoms with E-state index < -0.39 is 6.09 Å². The lowest BCUT2D eigenvalue weighted by Gasteiger charge is -2.37. The number of nitrogens with zero attached hydrogens (tertiary/aromatic N) is 3. The highest BCUT2D eigenvalue weighted by molar-refractivity contribution is 5.79. The molecule has 0 bridgehead atoms. The Balaban J connectivity index is 1.20. The Hall–Kier alpha value is -3.52. The van der Waals surface area contributed by atoms with E-state index in [0.717, 1.165) is 48.9 Å². The number of carboxylic acid groups (broad SMARTS) is 1. The van der Waals surface area contributed by atoms with E-state index in [1.54, 1.807) is 11.0 Å². The number of pyridine rings is 1. The second kappa shape index (κ2) is 10.00. The van der Waals surface area contributed by atoms with Gasteiger partial charge in [-0.1, -0.05) is 17.7 Å². The predicted octanol–water partition coefficient (Wildman–Crippen LogP) is 3.73. The molecular weight excluding hydrogens is 446 g/mol. The molecular formula is C27H31N3O5. The molecule has 1 N–H and O–H groups in total. The maximum Gasteiger partial charge on any atom is 0.407 e. The van der Waals surface area contributed by atoms with E-state index in [2.05, 4.69) is 11.0 Å². The molecule has 1 aromatic heterocycles. The molecule has 8 heteroatoms. The Labute approximate surface area is 204 Å². The van der Waals surface area contributed by atoms with Crippen LogP contribution in [0, 0.1) is 6.92 Å². The van der Waals surface area contributed by atoms with Gasteiger partial charge in [0.2, 0.25) is 0 Å². The summed E-state index contributed by atoms with van der Waals surface area (Å²) < 4.78 is 13.1. The normalized spacial score (nSPS) is 16.4. The average molecular weight is 478 g/mol. The van der Waals surface area contributed by atoms with Crippen molar-refractivity contribution in [3.05, 3.63) is 70.0 Å². The van der Waals surface area contributed by atoms with Gasteiger partial charge in [-0.2, -0.15) is 0 Å². The Kier molecular flexibility index (Phi) is 6.63. The van der Waals surface area contributed by atoms with E-state index in [4.69, 9.17) is 9.47 Å². The van der Waals surface area contributed by atoms with Crippen molar-refractivity contribution in [2.24, 2.45) is 0 Å². The van der Waals surface area contributed by atoms with Crippen molar-refractivity contribution in [3.63, 3.8) is 0 Å². The maximum atomic E-state index is 12.5. The average Bonchev–Trinajstić information content (AvgIpc) is 2.87. The first-order valence-corrected chi connectivity index (χ1v) is 12.2. The number of carbonyl (C=O) groups is 1. The molecule has 0 saturated carbocycles. The molecule has 0 spiro atoms. The largest absolute Gasteiger partial charge is 0.486 e.